The Morgan fingerprint density at radius 3 is 1.23 bits per heavy atom. The zero-order valence-corrected chi connectivity index (χ0v) is 38.6. The molecule has 2 aromatic carbocycles. The van der Waals surface area contributed by atoms with Crippen molar-refractivity contribution in [2.75, 3.05) is 210 Å². The largest absolute Gasteiger partial charge is 0.416 e. The topological polar surface area (TPSA) is 120 Å². The molecule has 1 fully saturated rings. The van der Waals surface area contributed by atoms with Gasteiger partial charge in [0.2, 0.25) is 0 Å². The third kappa shape index (κ3) is 24.0. The molecule has 0 spiro atoms. The lowest BCUT2D eigenvalue weighted by Gasteiger charge is -2.36. The van der Waals surface area contributed by atoms with Gasteiger partial charge >= 0.3 is 6.18 Å². The molecule has 0 bridgehead atoms. The van der Waals surface area contributed by atoms with Gasteiger partial charge in [0.25, 0.3) is 0 Å². The van der Waals surface area contributed by atoms with Gasteiger partial charge in [0, 0.05) is 56.2 Å². The van der Waals surface area contributed by atoms with Crippen molar-refractivity contribution in [3.05, 3.63) is 48.0 Å². The standard InChI is InChI=1S/C45H72F3N3O12S/c1-52-17-18-54-21-22-56-25-26-58-29-30-60-33-34-62-37-38-63-36-35-61-32-31-59-28-27-57-24-23-55-20-19-53-16-15-50-13-11-49(12-14-50)9-4-10-51-41-5-2-3-6-43(41)64-44-8-7-40(39-42(44)51)45(46,47)48/h2-3,5-8,39H,4,9-38H2,1H3. The number of para-hydroxylation sites is 1. The highest BCUT2D eigenvalue weighted by Gasteiger charge is 2.33. The average Bonchev–Trinajstić information content (AvgIpc) is 3.30. The number of piperazine rings is 1. The molecule has 0 saturated carbocycles. The summed E-state index contributed by atoms with van der Waals surface area (Å²) in [5.74, 6) is 0. The summed E-state index contributed by atoms with van der Waals surface area (Å²) in [4.78, 5) is 8.81. The highest BCUT2D eigenvalue weighted by Crippen LogP contribution is 2.49. The summed E-state index contributed by atoms with van der Waals surface area (Å²) < 4.78 is 106. The van der Waals surface area contributed by atoms with Crippen LogP contribution in [0.1, 0.15) is 12.0 Å². The monoisotopic (exact) mass is 935 g/mol. The summed E-state index contributed by atoms with van der Waals surface area (Å²) in [5, 5.41) is 0. The van der Waals surface area contributed by atoms with Crippen LogP contribution < -0.4 is 4.90 Å². The molecule has 2 aliphatic heterocycles. The SMILES string of the molecule is COCCOCCOCCOCCOCCOCCOCCOCCOCCOCCOCCOCCN1CCN(CCCN2c3ccccc3Sc3ccc(C(F)(F)F)cc32)CC1. The van der Waals surface area contributed by atoms with Crippen LogP contribution >= 0.6 is 11.8 Å². The van der Waals surface area contributed by atoms with Crippen LogP contribution in [-0.2, 0) is 63.0 Å². The van der Waals surface area contributed by atoms with Crippen molar-refractivity contribution >= 4 is 23.1 Å². The molecular formula is C45H72F3N3O12S. The van der Waals surface area contributed by atoms with Crippen molar-refractivity contribution in [3.63, 3.8) is 0 Å². The summed E-state index contributed by atoms with van der Waals surface area (Å²) in [7, 11) is 1.64. The number of benzene rings is 2. The lowest BCUT2D eigenvalue weighted by atomic mass is 10.1. The minimum absolute atomic E-state index is 0.490. The number of hydrogen-bond donors (Lipinski definition) is 0. The number of hydrogen-bond acceptors (Lipinski definition) is 16. The Hall–Kier alpha value is -2.18. The van der Waals surface area contributed by atoms with Crippen LogP contribution in [0.4, 0.5) is 24.5 Å². The smallest absolute Gasteiger partial charge is 0.382 e. The molecule has 0 amide bonds. The van der Waals surface area contributed by atoms with Gasteiger partial charge in [0.1, 0.15) is 0 Å². The molecule has 2 heterocycles. The van der Waals surface area contributed by atoms with Crippen LogP contribution in [0.5, 0.6) is 0 Å². The summed E-state index contributed by atoms with van der Waals surface area (Å²) in [5.41, 5.74) is 0.984. The van der Waals surface area contributed by atoms with E-state index in [0.29, 0.717) is 164 Å². The van der Waals surface area contributed by atoms with E-state index in [1.807, 2.05) is 24.3 Å². The molecule has 0 radical (unpaired) electrons. The van der Waals surface area contributed by atoms with E-state index in [1.54, 1.807) is 13.2 Å². The molecule has 64 heavy (non-hydrogen) atoms. The predicted octanol–water partition coefficient (Wildman–Crippen LogP) is 5.14. The zero-order chi connectivity index (χ0) is 45.2. The molecule has 0 aromatic heterocycles. The Morgan fingerprint density at radius 2 is 0.812 bits per heavy atom. The number of ether oxygens (including phenoxy) is 12. The molecule has 366 valence electrons. The number of fused-ring (bicyclic) bond motifs is 2. The molecular weight excluding hydrogens is 864 g/mol. The van der Waals surface area contributed by atoms with Crippen LogP contribution in [-0.4, -0.2) is 215 Å². The normalized spacial score (nSPS) is 14.7. The third-order valence-corrected chi connectivity index (χ3v) is 11.1. The molecule has 0 unspecified atom stereocenters. The second kappa shape index (κ2) is 35.0. The van der Waals surface area contributed by atoms with Gasteiger partial charge in [-0.15, -0.1) is 0 Å². The van der Waals surface area contributed by atoms with Gasteiger partial charge in [-0.25, -0.2) is 0 Å². The first-order chi connectivity index (χ1) is 31.5. The minimum Gasteiger partial charge on any atom is -0.382 e. The van der Waals surface area contributed by atoms with E-state index in [9.17, 15) is 13.2 Å². The fourth-order valence-corrected chi connectivity index (χ4v) is 7.65. The van der Waals surface area contributed by atoms with Crippen molar-refractivity contribution in [2.45, 2.75) is 22.4 Å². The maximum absolute atomic E-state index is 13.6. The fraction of sp³-hybridized carbons (Fsp3) is 0.733. The lowest BCUT2D eigenvalue weighted by Crippen LogP contribution is -2.47. The third-order valence-electron chi connectivity index (χ3n) is 9.98. The molecule has 0 atom stereocenters. The first kappa shape index (κ1) is 54.4. The van der Waals surface area contributed by atoms with Crippen molar-refractivity contribution in [3.8, 4) is 0 Å². The summed E-state index contributed by atoms with van der Waals surface area (Å²) in [6.07, 6.45) is -3.53. The van der Waals surface area contributed by atoms with E-state index in [2.05, 4.69) is 14.7 Å². The quantitative estimate of drug-likeness (QED) is 0.0820. The summed E-state index contributed by atoms with van der Waals surface area (Å²) in [6.45, 7) is 18.2. The Kier molecular flexibility index (Phi) is 29.8. The Labute approximate surface area is 382 Å². The average molecular weight is 936 g/mol. The first-order valence-electron chi connectivity index (χ1n) is 22.5. The first-order valence-corrected chi connectivity index (χ1v) is 23.3. The Bertz CT molecular complexity index is 1450. The van der Waals surface area contributed by atoms with E-state index >= 15 is 0 Å². The van der Waals surface area contributed by atoms with E-state index in [4.69, 9.17) is 56.8 Å². The van der Waals surface area contributed by atoms with Crippen LogP contribution in [0.3, 0.4) is 0 Å². The van der Waals surface area contributed by atoms with Gasteiger partial charge in [0.05, 0.1) is 169 Å². The van der Waals surface area contributed by atoms with E-state index < -0.39 is 11.7 Å². The second-order valence-electron chi connectivity index (χ2n) is 14.7. The Balaban J connectivity index is 0.832. The van der Waals surface area contributed by atoms with Gasteiger partial charge in [-0.3, -0.25) is 4.90 Å². The molecule has 15 nitrogen and oxygen atoms in total. The van der Waals surface area contributed by atoms with Crippen molar-refractivity contribution in [1.29, 1.82) is 0 Å². The molecule has 1 saturated heterocycles. The number of halogens is 3. The maximum atomic E-state index is 13.6. The van der Waals surface area contributed by atoms with Crippen LogP contribution in [0.25, 0.3) is 0 Å². The van der Waals surface area contributed by atoms with Crippen LogP contribution in [0.15, 0.2) is 52.3 Å². The van der Waals surface area contributed by atoms with Gasteiger partial charge in [0.15, 0.2) is 0 Å². The highest BCUT2D eigenvalue weighted by atomic mass is 32.2. The molecule has 0 aliphatic carbocycles. The number of rotatable bonds is 40. The van der Waals surface area contributed by atoms with Gasteiger partial charge < -0.3 is 66.6 Å². The number of nitrogens with zero attached hydrogens (tertiary/aromatic N) is 3. The van der Waals surface area contributed by atoms with Crippen LogP contribution in [0, 0.1) is 0 Å². The van der Waals surface area contributed by atoms with Gasteiger partial charge in [-0.05, 0) is 43.3 Å². The van der Waals surface area contributed by atoms with E-state index in [-0.39, 0.29) is 0 Å². The highest BCUT2D eigenvalue weighted by molar-refractivity contribution is 7.99. The van der Waals surface area contributed by atoms with Crippen LogP contribution in [0.2, 0.25) is 0 Å². The van der Waals surface area contributed by atoms with Gasteiger partial charge in [-0.1, -0.05) is 23.9 Å². The second-order valence-corrected chi connectivity index (χ2v) is 15.8. The minimum atomic E-state index is -4.38. The maximum Gasteiger partial charge on any atom is 0.416 e. The van der Waals surface area contributed by atoms with E-state index in [1.165, 1.54) is 23.9 Å². The van der Waals surface area contributed by atoms with Crippen molar-refractivity contribution in [2.24, 2.45) is 0 Å². The van der Waals surface area contributed by atoms with E-state index in [0.717, 1.165) is 61.2 Å². The molecule has 19 heteroatoms. The Morgan fingerprint density at radius 1 is 0.438 bits per heavy atom. The molecule has 0 N–H and O–H groups in total. The summed E-state index contributed by atoms with van der Waals surface area (Å²) >= 11 is 1.53. The number of methoxy groups -OCH3 is 1. The summed E-state index contributed by atoms with van der Waals surface area (Å²) in [6, 6.07) is 12.0. The number of anilines is 2. The number of alkyl halides is 3. The van der Waals surface area contributed by atoms with Crippen molar-refractivity contribution < 1.29 is 70.0 Å². The predicted molar refractivity (Wildman–Crippen MR) is 237 cm³/mol. The van der Waals surface area contributed by atoms with Gasteiger partial charge in [-0.2, -0.15) is 13.2 Å². The fourth-order valence-electron chi connectivity index (χ4n) is 6.57. The lowest BCUT2D eigenvalue weighted by molar-refractivity contribution is -0.137. The van der Waals surface area contributed by atoms with Crippen molar-refractivity contribution in [1.82, 2.24) is 9.80 Å². The zero-order valence-electron chi connectivity index (χ0n) is 37.7. The molecule has 2 aromatic rings. The molecule has 4 rings (SSSR count). The molecule has 2 aliphatic rings.